The molecule has 2 aromatic carbocycles. The van der Waals surface area contributed by atoms with Crippen molar-refractivity contribution >= 4 is 46.4 Å². The van der Waals surface area contributed by atoms with Crippen LogP contribution in [0, 0.1) is 18.3 Å². The Hall–Kier alpha value is -5.25. The van der Waals surface area contributed by atoms with Gasteiger partial charge in [-0.25, -0.2) is 9.78 Å². The standard InChI is InChI=1S/C41H50N8O6S/c1-24(26-9-11-27(12-10-26)36-25(2)43-23-56-36)44-38(52)35-19-31(51)22-49(35)39(53)32(41(3,4)5)18-30(50)21-47-13-15-48(16-14-47)34-20-33(45-46-37(34)42)28-7-6-8-29(17-28)40(54)55/h6-12,17,20,23-24,31-32,35,51H,13-16,18-19,21-22H2,1-5H3,(H2,42,46)(H,44,52)(H,54,55)/t24-,31+,32+,35-/m0/s1. The highest BCUT2D eigenvalue weighted by atomic mass is 32.1. The number of aromatic nitrogens is 3. The van der Waals surface area contributed by atoms with Gasteiger partial charge in [0.2, 0.25) is 11.8 Å². The van der Waals surface area contributed by atoms with Crippen molar-refractivity contribution < 1.29 is 29.4 Å². The number of likely N-dealkylation sites (tertiary alicyclic amines) is 1. The number of amides is 2. The summed E-state index contributed by atoms with van der Waals surface area (Å²) in [4.78, 5) is 64.0. The van der Waals surface area contributed by atoms with Crippen molar-refractivity contribution in [3.8, 4) is 21.7 Å². The zero-order chi connectivity index (χ0) is 40.3. The molecule has 0 aliphatic carbocycles. The van der Waals surface area contributed by atoms with Gasteiger partial charge in [-0.05, 0) is 48.6 Å². The smallest absolute Gasteiger partial charge is 0.335 e. The average Bonchev–Trinajstić information content (AvgIpc) is 3.79. The number of nitrogens with two attached hydrogens (primary N) is 1. The van der Waals surface area contributed by atoms with Crippen LogP contribution in [-0.4, -0.2) is 110 Å². The van der Waals surface area contributed by atoms with Crippen LogP contribution in [0.1, 0.15) is 68.2 Å². The number of carbonyl (C=O) groups is 4. The fourth-order valence-corrected chi connectivity index (χ4v) is 8.26. The molecule has 2 aliphatic heterocycles. The molecule has 2 fully saturated rings. The molecular weight excluding hydrogens is 733 g/mol. The highest BCUT2D eigenvalue weighted by Gasteiger charge is 2.44. The summed E-state index contributed by atoms with van der Waals surface area (Å²) in [6.45, 7) is 12.1. The number of carboxylic acid groups (broad SMARTS) is 1. The molecule has 0 unspecified atom stereocenters. The number of carbonyl (C=O) groups excluding carboxylic acids is 3. The van der Waals surface area contributed by atoms with Gasteiger partial charge in [-0.1, -0.05) is 57.2 Å². The van der Waals surface area contributed by atoms with Gasteiger partial charge in [0.05, 0.1) is 51.7 Å². The first-order chi connectivity index (χ1) is 26.6. The van der Waals surface area contributed by atoms with E-state index in [9.17, 15) is 29.4 Å². The quantitative estimate of drug-likeness (QED) is 0.158. The summed E-state index contributed by atoms with van der Waals surface area (Å²) in [5.41, 5.74) is 12.3. The normalized spacial score (nSPS) is 18.8. The summed E-state index contributed by atoms with van der Waals surface area (Å²) >= 11 is 1.58. The second kappa shape index (κ2) is 16.9. The van der Waals surface area contributed by atoms with Gasteiger partial charge in [-0.2, -0.15) is 0 Å². The third-order valence-electron chi connectivity index (χ3n) is 10.7. The Balaban J connectivity index is 1.05. The summed E-state index contributed by atoms with van der Waals surface area (Å²) in [6.07, 6.45) is -0.725. The van der Waals surface area contributed by atoms with Crippen LogP contribution >= 0.6 is 11.3 Å². The van der Waals surface area contributed by atoms with Crippen LogP contribution in [0.25, 0.3) is 21.7 Å². The molecule has 2 aliphatic rings. The molecule has 15 heteroatoms. The lowest BCUT2D eigenvalue weighted by atomic mass is 9.76. The number of aromatic carboxylic acids is 1. The number of nitrogens with one attached hydrogen (secondary N) is 1. The van der Waals surface area contributed by atoms with E-state index in [2.05, 4.69) is 25.4 Å². The van der Waals surface area contributed by atoms with Crippen molar-refractivity contribution in [2.24, 2.45) is 11.3 Å². The Kier molecular flexibility index (Phi) is 12.2. The molecule has 2 saturated heterocycles. The van der Waals surface area contributed by atoms with Gasteiger partial charge >= 0.3 is 5.97 Å². The Morgan fingerprint density at radius 2 is 1.71 bits per heavy atom. The molecule has 4 aromatic rings. The van der Waals surface area contributed by atoms with Gasteiger partial charge in [0.25, 0.3) is 0 Å². The van der Waals surface area contributed by atoms with E-state index in [1.54, 1.807) is 35.6 Å². The number of anilines is 2. The SMILES string of the molecule is Cc1ncsc1-c1ccc([C@H](C)NC(=O)[C@@H]2C[C@@H](O)CN2C(=O)[C@@H](CC(=O)CN2CCN(c3cc(-c4cccc(C(=O)O)c4)nnc3N)CC2)C(C)(C)C)cc1. The number of benzene rings is 2. The molecule has 5 N–H and O–H groups in total. The Labute approximate surface area is 330 Å². The maximum atomic E-state index is 14.2. The molecule has 0 radical (unpaired) electrons. The maximum absolute atomic E-state index is 14.2. The van der Waals surface area contributed by atoms with Crippen LogP contribution in [0.4, 0.5) is 11.5 Å². The van der Waals surface area contributed by atoms with Crippen molar-refractivity contribution in [1.29, 1.82) is 0 Å². The first-order valence-corrected chi connectivity index (χ1v) is 19.7. The number of nitrogen functional groups attached to an aromatic ring is 1. The van der Waals surface area contributed by atoms with E-state index in [1.807, 2.05) is 69.3 Å². The molecule has 6 rings (SSSR count). The van der Waals surface area contributed by atoms with E-state index >= 15 is 0 Å². The van der Waals surface area contributed by atoms with E-state index < -0.39 is 29.4 Å². The number of hydrogen-bond donors (Lipinski definition) is 4. The van der Waals surface area contributed by atoms with Crippen LogP contribution < -0.4 is 16.0 Å². The number of aliphatic hydroxyl groups excluding tert-OH is 1. The first kappa shape index (κ1) is 40.4. The largest absolute Gasteiger partial charge is 0.478 e. The lowest BCUT2D eigenvalue weighted by molar-refractivity contribution is -0.146. The number of aliphatic hydroxyl groups is 1. The number of β-amino-alcohol motifs (C(OH)–C–C–N with tert-alkyl or cyclic N) is 1. The van der Waals surface area contributed by atoms with E-state index in [1.165, 1.54) is 11.0 Å². The zero-order valence-corrected chi connectivity index (χ0v) is 33.3. The predicted octanol–water partition coefficient (Wildman–Crippen LogP) is 4.44. The van der Waals surface area contributed by atoms with Crippen LogP contribution in [-0.2, 0) is 14.4 Å². The van der Waals surface area contributed by atoms with Crippen LogP contribution in [0.3, 0.4) is 0 Å². The fraction of sp³-hybridized carbons (Fsp3) is 0.439. The minimum absolute atomic E-state index is 0.00541. The molecular formula is C41H50N8O6S. The number of hydrogen-bond acceptors (Lipinski definition) is 12. The number of Topliss-reactive ketones (excluding diaryl/α,β-unsaturated/α-hetero) is 1. The van der Waals surface area contributed by atoms with Crippen LogP contribution in [0.15, 0.2) is 60.1 Å². The Morgan fingerprint density at radius 1 is 1.00 bits per heavy atom. The third kappa shape index (κ3) is 9.23. The topological polar surface area (TPSA) is 195 Å². The molecule has 296 valence electrons. The second-order valence-corrected chi connectivity index (χ2v) is 16.7. The number of ketones is 1. The summed E-state index contributed by atoms with van der Waals surface area (Å²) < 4.78 is 0. The molecule has 0 spiro atoms. The van der Waals surface area contributed by atoms with Gasteiger partial charge in [0.1, 0.15) is 11.8 Å². The minimum Gasteiger partial charge on any atom is -0.478 e. The molecule has 2 amide bonds. The summed E-state index contributed by atoms with van der Waals surface area (Å²) in [7, 11) is 0. The van der Waals surface area contributed by atoms with Gasteiger partial charge in [-0.15, -0.1) is 21.5 Å². The summed E-state index contributed by atoms with van der Waals surface area (Å²) in [5.74, 6) is -2.21. The third-order valence-corrected chi connectivity index (χ3v) is 11.7. The highest BCUT2D eigenvalue weighted by molar-refractivity contribution is 7.13. The van der Waals surface area contributed by atoms with Crippen LogP contribution in [0.5, 0.6) is 0 Å². The average molecular weight is 783 g/mol. The summed E-state index contributed by atoms with van der Waals surface area (Å²) in [5, 5.41) is 31.5. The van der Waals surface area contributed by atoms with Crippen molar-refractivity contribution in [2.45, 2.75) is 65.6 Å². The lowest BCUT2D eigenvalue weighted by Gasteiger charge is -2.37. The Bertz CT molecular complexity index is 2070. The predicted molar refractivity (Wildman–Crippen MR) is 215 cm³/mol. The fourth-order valence-electron chi connectivity index (χ4n) is 7.45. The summed E-state index contributed by atoms with van der Waals surface area (Å²) in [6, 6.07) is 15.0. The number of piperazine rings is 1. The van der Waals surface area contributed by atoms with Crippen molar-refractivity contribution in [3.63, 3.8) is 0 Å². The van der Waals surface area contributed by atoms with E-state index in [0.717, 1.165) is 21.7 Å². The molecule has 14 nitrogen and oxygen atoms in total. The zero-order valence-electron chi connectivity index (χ0n) is 32.4. The second-order valence-electron chi connectivity index (χ2n) is 15.8. The molecule has 4 heterocycles. The number of carboxylic acids is 1. The molecule has 4 atom stereocenters. The maximum Gasteiger partial charge on any atom is 0.335 e. The van der Waals surface area contributed by atoms with Crippen molar-refractivity contribution in [1.82, 2.24) is 30.3 Å². The molecule has 0 saturated carbocycles. The monoisotopic (exact) mass is 782 g/mol. The number of rotatable bonds is 12. The van der Waals surface area contributed by atoms with E-state index in [0.29, 0.717) is 43.1 Å². The molecule has 56 heavy (non-hydrogen) atoms. The van der Waals surface area contributed by atoms with Gasteiger partial charge in [0.15, 0.2) is 5.82 Å². The number of aryl methyl sites for hydroxylation is 1. The van der Waals surface area contributed by atoms with Crippen molar-refractivity contribution in [2.75, 3.05) is 49.9 Å². The number of nitrogens with zero attached hydrogens (tertiary/aromatic N) is 6. The van der Waals surface area contributed by atoms with Crippen LogP contribution in [0.2, 0.25) is 0 Å². The van der Waals surface area contributed by atoms with E-state index in [4.69, 9.17) is 5.73 Å². The van der Waals surface area contributed by atoms with Gasteiger partial charge < -0.3 is 31.1 Å². The van der Waals surface area contributed by atoms with Gasteiger partial charge in [0, 0.05) is 57.0 Å². The van der Waals surface area contributed by atoms with Crippen molar-refractivity contribution in [3.05, 3.63) is 76.9 Å². The Morgan fingerprint density at radius 3 is 2.36 bits per heavy atom. The number of thiazole rings is 1. The lowest BCUT2D eigenvalue weighted by Crippen LogP contribution is -2.51. The van der Waals surface area contributed by atoms with E-state index in [-0.39, 0.29) is 61.0 Å². The highest BCUT2D eigenvalue weighted by Crippen LogP contribution is 2.35. The first-order valence-electron chi connectivity index (χ1n) is 18.8. The minimum atomic E-state index is -1.03. The molecule has 2 aromatic heterocycles. The molecule has 0 bridgehead atoms. The van der Waals surface area contributed by atoms with Gasteiger partial charge in [-0.3, -0.25) is 19.3 Å².